The maximum absolute atomic E-state index is 12.4. The van der Waals surface area contributed by atoms with Gasteiger partial charge >= 0.3 is 6.01 Å². The Bertz CT molecular complexity index is 658. The molecule has 22 heavy (non-hydrogen) atoms. The van der Waals surface area contributed by atoms with Crippen LogP contribution >= 0.6 is 11.5 Å². The monoisotopic (exact) mass is 322 g/mol. The SMILES string of the molecule is CCCc1nnsc1C(=O)Nc1cnc(OC)nc1N(C)C. The number of aryl methyl sites for hydroxylation is 1. The van der Waals surface area contributed by atoms with Crippen LogP contribution in [0.25, 0.3) is 0 Å². The zero-order valence-electron chi connectivity index (χ0n) is 13.0. The molecule has 0 saturated heterocycles. The number of nitrogens with one attached hydrogen (secondary N) is 1. The molecule has 8 nitrogen and oxygen atoms in total. The molecule has 9 heteroatoms. The molecule has 0 spiro atoms. The number of carbonyl (C=O) groups is 1. The van der Waals surface area contributed by atoms with Crippen LogP contribution in [-0.2, 0) is 6.42 Å². The maximum atomic E-state index is 12.4. The summed E-state index contributed by atoms with van der Waals surface area (Å²) in [5, 5.41) is 6.81. The number of rotatable bonds is 6. The second kappa shape index (κ2) is 7.12. The van der Waals surface area contributed by atoms with Crippen LogP contribution in [0, 0.1) is 0 Å². The molecule has 2 rings (SSSR count). The highest BCUT2D eigenvalue weighted by Gasteiger charge is 2.18. The van der Waals surface area contributed by atoms with Crippen molar-refractivity contribution < 1.29 is 9.53 Å². The first-order valence-electron chi connectivity index (χ1n) is 6.77. The van der Waals surface area contributed by atoms with Crippen molar-refractivity contribution in [2.24, 2.45) is 0 Å². The van der Waals surface area contributed by atoms with Crippen molar-refractivity contribution in [3.05, 3.63) is 16.8 Å². The van der Waals surface area contributed by atoms with Crippen molar-refractivity contribution in [3.8, 4) is 6.01 Å². The van der Waals surface area contributed by atoms with Crippen LogP contribution in [0.15, 0.2) is 6.20 Å². The minimum atomic E-state index is -0.254. The average Bonchev–Trinajstić information content (AvgIpc) is 2.96. The van der Waals surface area contributed by atoms with Gasteiger partial charge in [0.1, 0.15) is 10.6 Å². The fourth-order valence-electron chi connectivity index (χ4n) is 1.85. The molecule has 0 radical (unpaired) electrons. The van der Waals surface area contributed by atoms with Crippen molar-refractivity contribution in [2.45, 2.75) is 19.8 Å². The molecule has 118 valence electrons. The predicted molar refractivity (Wildman–Crippen MR) is 84.8 cm³/mol. The van der Waals surface area contributed by atoms with Crippen LogP contribution < -0.4 is 15.0 Å². The zero-order valence-corrected chi connectivity index (χ0v) is 13.8. The molecule has 0 aliphatic carbocycles. The van der Waals surface area contributed by atoms with E-state index >= 15 is 0 Å². The lowest BCUT2D eigenvalue weighted by molar-refractivity contribution is 0.102. The molecule has 1 N–H and O–H groups in total. The Hall–Kier alpha value is -2.29. The summed E-state index contributed by atoms with van der Waals surface area (Å²) in [6.45, 7) is 2.03. The lowest BCUT2D eigenvalue weighted by Crippen LogP contribution is -2.19. The summed E-state index contributed by atoms with van der Waals surface area (Å²) in [4.78, 5) is 23.0. The Kier molecular flexibility index (Phi) is 5.21. The fraction of sp³-hybridized carbons (Fsp3) is 0.462. The topological polar surface area (TPSA) is 93.1 Å². The van der Waals surface area contributed by atoms with Gasteiger partial charge in [-0.05, 0) is 18.0 Å². The van der Waals surface area contributed by atoms with Crippen molar-refractivity contribution in [3.63, 3.8) is 0 Å². The molecular formula is C13H18N6O2S. The van der Waals surface area contributed by atoms with Crippen LogP contribution in [0.4, 0.5) is 11.5 Å². The number of ether oxygens (including phenoxy) is 1. The second-order valence-electron chi connectivity index (χ2n) is 4.74. The van der Waals surface area contributed by atoms with E-state index in [2.05, 4.69) is 24.9 Å². The van der Waals surface area contributed by atoms with Crippen LogP contribution in [0.1, 0.15) is 28.7 Å². The van der Waals surface area contributed by atoms with Gasteiger partial charge < -0.3 is 15.0 Å². The molecule has 0 bridgehead atoms. The minimum absolute atomic E-state index is 0.243. The molecule has 0 aromatic carbocycles. The molecular weight excluding hydrogens is 304 g/mol. The first kappa shape index (κ1) is 16.1. The molecule has 2 aromatic heterocycles. The highest BCUT2D eigenvalue weighted by molar-refractivity contribution is 7.08. The molecule has 0 unspecified atom stereocenters. The van der Waals surface area contributed by atoms with Gasteiger partial charge in [0.2, 0.25) is 0 Å². The number of aromatic nitrogens is 4. The van der Waals surface area contributed by atoms with E-state index < -0.39 is 0 Å². The summed E-state index contributed by atoms with van der Waals surface area (Å²) in [6, 6.07) is 0.243. The molecule has 0 aliphatic rings. The number of hydrogen-bond acceptors (Lipinski definition) is 8. The van der Waals surface area contributed by atoms with E-state index in [0.717, 1.165) is 24.4 Å². The van der Waals surface area contributed by atoms with Crippen molar-refractivity contribution >= 4 is 28.9 Å². The lowest BCUT2D eigenvalue weighted by atomic mass is 10.2. The Morgan fingerprint density at radius 3 is 2.86 bits per heavy atom. The van der Waals surface area contributed by atoms with Gasteiger partial charge in [0.15, 0.2) is 5.82 Å². The molecule has 2 aromatic rings. The normalized spacial score (nSPS) is 10.4. The Morgan fingerprint density at radius 1 is 1.45 bits per heavy atom. The van der Waals surface area contributed by atoms with Crippen LogP contribution in [0.5, 0.6) is 6.01 Å². The van der Waals surface area contributed by atoms with E-state index in [1.807, 2.05) is 21.0 Å². The number of carbonyl (C=O) groups excluding carboxylic acids is 1. The highest BCUT2D eigenvalue weighted by atomic mass is 32.1. The number of nitrogens with zero attached hydrogens (tertiary/aromatic N) is 5. The van der Waals surface area contributed by atoms with Crippen LogP contribution in [0.3, 0.4) is 0 Å². The Morgan fingerprint density at radius 2 is 2.23 bits per heavy atom. The first-order valence-corrected chi connectivity index (χ1v) is 7.55. The zero-order chi connectivity index (χ0) is 16.1. The summed E-state index contributed by atoms with van der Waals surface area (Å²) >= 11 is 1.09. The molecule has 0 fully saturated rings. The highest BCUT2D eigenvalue weighted by Crippen LogP contribution is 2.24. The summed E-state index contributed by atoms with van der Waals surface area (Å²) in [7, 11) is 5.15. The second-order valence-corrected chi connectivity index (χ2v) is 5.50. The van der Waals surface area contributed by atoms with Crippen molar-refractivity contribution in [1.82, 2.24) is 19.6 Å². The number of methoxy groups -OCH3 is 1. The van der Waals surface area contributed by atoms with E-state index in [9.17, 15) is 4.79 Å². The first-order chi connectivity index (χ1) is 10.6. The van der Waals surface area contributed by atoms with Gasteiger partial charge in [0, 0.05) is 14.1 Å². The van der Waals surface area contributed by atoms with E-state index in [1.165, 1.54) is 13.3 Å². The third-order valence-electron chi connectivity index (χ3n) is 2.85. The fourth-order valence-corrected chi connectivity index (χ4v) is 2.45. The van der Waals surface area contributed by atoms with E-state index in [-0.39, 0.29) is 11.9 Å². The number of anilines is 2. The largest absolute Gasteiger partial charge is 0.467 e. The summed E-state index contributed by atoms with van der Waals surface area (Å²) in [5.41, 5.74) is 1.22. The van der Waals surface area contributed by atoms with Gasteiger partial charge in [-0.25, -0.2) is 4.98 Å². The van der Waals surface area contributed by atoms with Gasteiger partial charge in [-0.2, -0.15) is 4.98 Å². The molecule has 2 heterocycles. The van der Waals surface area contributed by atoms with E-state index in [1.54, 1.807) is 4.90 Å². The standard InChI is InChI=1S/C13H18N6O2S/c1-5-6-8-10(22-18-17-8)12(20)15-9-7-14-13(21-4)16-11(9)19(2)3/h7H,5-6H2,1-4H3,(H,15,20). The van der Waals surface area contributed by atoms with Gasteiger partial charge in [-0.3, -0.25) is 4.79 Å². The van der Waals surface area contributed by atoms with Gasteiger partial charge in [-0.1, -0.05) is 17.8 Å². The Balaban J connectivity index is 2.26. The predicted octanol–water partition coefficient (Wildman–Crippen LogP) is 1.61. The van der Waals surface area contributed by atoms with Crippen LogP contribution in [-0.4, -0.2) is 46.7 Å². The summed E-state index contributed by atoms with van der Waals surface area (Å²) in [5.74, 6) is 0.310. The van der Waals surface area contributed by atoms with Gasteiger partial charge in [0.05, 0.1) is 19.0 Å². The van der Waals surface area contributed by atoms with Crippen molar-refractivity contribution in [1.29, 1.82) is 0 Å². The summed E-state index contributed by atoms with van der Waals surface area (Å²) in [6.07, 6.45) is 3.15. The third kappa shape index (κ3) is 3.48. The van der Waals surface area contributed by atoms with Crippen molar-refractivity contribution in [2.75, 3.05) is 31.4 Å². The van der Waals surface area contributed by atoms with Gasteiger partial charge in [0.25, 0.3) is 5.91 Å². The van der Waals surface area contributed by atoms with E-state index in [4.69, 9.17) is 4.74 Å². The Labute approximate surface area is 132 Å². The smallest absolute Gasteiger partial charge is 0.318 e. The minimum Gasteiger partial charge on any atom is -0.467 e. The maximum Gasteiger partial charge on any atom is 0.318 e. The number of amides is 1. The molecule has 0 aliphatic heterocycles. The quantitative estimate of drug-likeness (QED) is 0.863. The summed E-state index contributed by atoms with van der Waals surface area (Å²) < 4.78 is 8.87. The molecule has 0 saturated carbocycles. The van der Waals surface area contributed by atoms with E-state index in [0.29, 0.717) is 22.1 Å². The van der Waals surface area contributed by atoms with Crippen LogP contribution in [0.2, 0.25) is 0 Å². The third-order valence-corrected chi connectivity index (χ3v) is 3.62. The lowest BCUT2D eigenvalue weighted by Gasteiger charge is -2.16. The van der Waals surface area contributed by atoms with Gasteiger partial charge in [-0.15, -0.1) is 5.10 Å². The average molecular weight is 322 g/mol. The number of hydrogen-bond donors (Lipinski definition) is 1. The molecule has 0 atom stereocenters. The molecule has 1 amide bonds.